The first-order valence-corrected chi connectivity index (χ1v) is 7.50. The second-order valence-electron chi connectivity index (χ2n) is 6.69. The molecule has 2 N–H and O–H groups in total. The van der Waals surface area contributed by atoms with Crippen molar-refractivity contribution in [2.24, 2.45) is 17.1 Å². The molecule has 1 saturated heterocycles. The van der Waals surface area contributed by atoms with E-state index in [1.54, 1.807) is 0 Å². The van der Waals surface area contributed by atoms with E-state index in [2.05, 4.69) is 32.6 Å². The van der Waals surface area contributed by atoms with Crippen molar-refractivity contribution in [3.63, 3.8) is 0 Å². The molecule has 0 aliphatic carbocycles. The molecule has 3 nitrogen and oxygen atoms in total. The molecule has 1 aromatic rings. The lowest BCUT2D eigenvalue weighted by Crippen LogP contribution is -2.31. The van der Waals surface area contributed by atoms with Crippen molar-refractivity contribution in [3.8, 4) is 11.8 Å². The lowest BCUT2D eigenvalue weighted by atomic mass is 9.80. The van der Waals surface area contributed by atoms with Crippen molar-refractivity contribution in [1.82, 2.24) is 4.90 Å². The number of hydrogen-bond donors (Lipinski definition) is 1. The standard InChI is InChI=1S/C18H24N2O/c1-18(2,3)16-9-11-20(13-16)17(21)15-8-4-6-14(12-15)7-5-10-19/h4,6,8,12,16H,9-11,13,19H2,1-3H3. The van der Waals surface area contributed by atoms with Crippen molar-refractivity contribution in [3.05, 3.63) is 35.4 Å². The van der Waals surface area contributed by atoms with Crippen molar-refractivity contribution in [1.29, 1.82) is 0 Å². The van der Waals surface area contributed by atoms with Gasteiger partial charge in [-0.1, -0.05) is 38.7 Å². The lowest BCUT2D eigenvalue weighted by molar-refractivity contribution is 0.0776. The van der Waals surface area contributed by atoms with Gasteiger partial charge in [0.25, 0.3) is 5.91 Å². The molecule has 112 valence electrons. The third-order valence-corrected chi connectivity index (χ3v) is 4.14. The van der Waals surface area contributed by atoms with Crippen LogP contribution in [0.25, 0.3) is 0 Å². The van der Waals surface area contributed by atoms with Crippen LogP contribution in [0.1, 0.15) is 43.1 Å². The van der Waals surface area contributed by atoms with Gasteiger partial charge in [0.15, 0.2) is 0 Å². The predicted octanol–water partition coefficient (Wildman–Crippen LogP) is 2.51. The SMILES string of the molecule is CC(C)(C)C1CCN(C(=O)c2cccc(C#CCN)c2)C1. The maximum absolute atomic E-state index is 12.6. The van der Waals surface area contributed by atoms with Gasteiger partial charge in [-0.15, -0.1) is 0 Å². The monoisotopic (exact) mass is 284 g/mol. The fourth-order valence-corrected chi connectivity index (χ4v) is 2.72. The van der Waals surface area contributed by atoms with E-state index in [-0.39, 0.29) is 11.3 Å². The Labute approximate surface area is 127 Å². The number of nitrogens with zero attached hydrogens (tertiary/aromatic N) is 1. The second kappa shape index (κ2) is 6.32. The molecule has 0 saturated carbocycles. The highest BCUT2D eigenvalue weighted by molar-refractivity contribution is 5.94. The van der Waals surface area contributed by atoms with Gasteiger partial charge in [-0.05, 0) is 36.0 Å². The highest BCUT2D eigenvalue weighted by Gasteiger charge is 2.34. The maximum atomic E-state index is 12.6. The van der Waals surface area contributed by atoms with E-state index in [0.29, 0.717) is 18.0 Å². The van der Waals surface area contributed by atoms with E-state index in [4.69, 9.17) is 5.73 Å². The van der Waals surface area contributed by atoms with Crippen LogP contribution < -0.4 is 5.73 Å². The van der Waals surface area contributed by atoms with Crippen LogP contribution in [0.2, 0.25) is 0 Å². The van der Waals surface area contributed by atoms with Gasteiger partial charge >= 0.3 is 0 Å². The summed E-state index contributed by atoms with van der Waals surface area (Å²) in [6.07, 6.45) is 1.09. The molecule has 1 fully saturated rings. The van der Waals surface area contributed by atoms with E-state index in [1.807, 2.05) is 29.2 Å². The van der Waals surface area contributed by atoms with Gasteiger partial charge in [0.2, 0.25) is 0 Å². The minimum Gasteiger partial charge on any atom is -0.338 e. The average Bonchev–Trinajstić information content (AvgIpc) is 2.94. The molecule has 1 amide bonds. The van der Waals surface area contributed by atoms with Crippen LogP contribution in [0.5, 0.6) is 0 Å². The molecule has 1 aliphatic rings. The molecule has 21 heavy (non-hydrogen) atoms. The Morgan fingerprint density at radius 3 is 2.81 bits per heavy atom. The number of nitrogens with two attached hydrogens (primary N) is 1. The quantitative estimate of drug-likeness (QED) is 0.805. The molecule has 1 aromatic carbocycles. The van der Waals surface area contributed by atoms with Crippen molar-refractivity contribution < 1.29 is 4.79 Å². The average molecular weight is 284 g/mol. The molecule has 1 unspecified atom stereocenters. The molecule has 1 aliphatic heterocycles. The summed E-state index contributed by atoms with van der Waals surface area (Å²) in [7, 11) is 0. The predicted molar refractivity (Wildman–Crippen MR) is 85.8 cm³/mol. The highest BCUT2D eigenvalue weighted by atomic mass is 16.2. The van der Waals surface area contributed by atoms with Crippen LogP contribution in [-0.2, 0) is 0 Å². The summed E-state index contributed by atoms with van der Waals surface area (Å²) >= 11 is 0. The molecule has 0 spiro atoms. The number of amides is 1. The van der Waals surface area contributed by atoms with Gasteiger partial charge in [-0.3, -0.25) is 4.79 Å². The second-order valence-corrected chi connectivity index (χ2v) is 6.69. The minimum absolute atomic E-state index is 0.109. The number of carbonyl (C=O) groups is 1. The van der Waals surface area contributed by atoms with E-state index in [1.165, 1.54) is 0 Å². The summed E-state index contributed by atoms with van der Waals surface area (Å²) < 4.78 is 0. The lowest BCUT2D eigenvalue weighted by Gasteiger charge is -2.27. The summed E-state index contributed by atoms with van der Waals surface area (Å²) in [5.74, 6) is 6.48. The molecule has 0 aromatic heterocycles. The number of carbonyl (C=O) groups excluding carboxylic acids is 1. The Morgan fingerprint density at radius 2 is 2.19 bits per heavy atom. The van der Waals surface area contributed by atoms with Gasteiger partial charge < -0.3 is 10.6 Å². The van der Waals surface area contributed by atoms with Crippen LogP contribution in [0.4, 0.5) is 0 Å². The number of hydrogen-bond acceptors (Lipinski definition) is 2. The summed E-state index contributed by atoms with van der Waals surface area (Å²) in [5.41, 5.74) is 7.20. The van der Waals surface area contributed by atoms with Crippen molar-refractivity contribution in [2.75, 3.05) is 19.6 Å². The molecule has 0 radical (unpaired) electrons. The first-order chi connectivity index (χ1) is 9.91. The summed E-state index contributed by atoms with van der Waals surface area (Å²) in [6, 6.07) is 7.50. The Kier molecular flexibility index (Phi) is 4.69. The normalized spacial score (nSPS) is 18.3. The molecule has 2 rings (SSSR count). The first-order valence-electron chi connectivity index (χ1n) is 7.50. The van der Waals surface area contributed by atoms with Gasteiger partial charge in [-0.2, -0.15) is 0 Å². The van der Waals surface area contributed by atoms with Crippen molar-refractivity contribution >= 4 is 5.91 Å². The molecule has 1 heterocycles. The Bertz CT molecular complexity index is 575. The van der Waals surface area contributed by atoms with E-state index in [9.17, 15) is 4.79 Å². The topological polar surface area (TPSA) is 46.3 Å². The maximum Gasteiger partial charge on any atom is 0.253 e. The largest absolute Gasteiger partial charge is 0.338 e. The number of rotatable bonds is 1. The number of benzene rings is 1. The van der Waals surface area contributed by atoms with E-state index in [0.717, 1.165) is 25.1 Å². The first kappa shape index (κ1) is 15.6. The molecule has 3 heteroatoms. The van der Waals surface area contributed by atoms with Crippen molar-refractivity contribution in [2.45, 2.75) is 27.2 Å². The number of likely N-dealkylation sites (tertiary alicyclic amines) is 1. The molecular formula is C18H24N2O. The highest BCUT2D eigenvalue weighted by Crippen LogP contribution is 2.34. The van der Waals surface area contributed by atoms with Crippen LogP contribution in [0.15, 0.2) is 24.3 Å². The van der Waals surface area contributed by atoms with Gasteiger partial charge in [0.1, 0.15) is 0 Å². The zero-order valence-corrected chi connectivity index (χ0v) is 13.1. The Balaban J connectivity index is 2.11. The molecular weight excluding hydrogens is 260 g/mol. The van der Waals surface area contributed by atoms with Gasteiger partial charge in [0.05, 0.1) is 6.54 Å². The third-order valence-electron chi connectivity index (χ3n) is 4.14. The smallest absolute Gasteiger partial charge is 0.253 e. The minimum atomic E-state index is 0.109. The zero-order valence-electron chi connectivity index (χ0n) is 13.1. The molecule has 0 bridgehead atoms. The van der Waals surface area contributed by atoms with E-state index < -0.39 is 0 Å². The Morgan fingerprint density at radius 1 is 1.43 bits per heavy atom. The summed E-state index contributed by atoms with van der Waals surface area (Å²) in [5, 5.41) is 0. The Hall–Kier alpha value is -1.79. The molecule has 1 atom stereocenters. The summed E-state index contributed by atoms with van der Waals surface area (Å²) in [6.45, 7) is 8.76. The van der Waals surface area contributed by atoms with Crippen LogP contribution >= 0.6 is 0 Å². The van der Waals surface area contributed by atoms with Crippen LogP contribution in [0.3, 0.4) is 0 Å². The fraction of sp³-hybridized carbons (Fsp3) is 0.500. The van der Waals surface area contributed by atoms with Crippen LogP contribution in [-0.4, -0.2) is 30.4 Å². The van der Waals surface area contributed by atoms with Crippen LogP contribution in [0, 0.1) is 23.2 Å². The zero-order chi connectivity index (χ0) is 15.5. The van der Waals surface area contributed by atoms with Gasteiger partial charge in [-0.25, -0.2) is 0 Å². The third kappa shape index (κ3) is 3.86. The van der Waals surface area contributed by atoms with E-state index >= 15 is 0 Å². The van der Waals surface area contributed by atoms with Gasteiger partial charge in [0, 0.05) is 24.2 Å². The summed E-state index contributed by atoms with van der Waals surface area (Å²) in [4.78, 5) is 14.6. The fourth-order valence-electron chi connectivity index (χ4n) is 2.72.